The monoisotopic (exact) mass is 890 g/mol. The molecule has 288 valence electrons. The summed E-state index contributed by atoms with van der Waals surface area (Å²) in [6.07, 6.45) is 11.8. The third-order valence-corrected chi connectivity index (χ3v) is 5.66. The van der Waals surface area contributed by atoms with Gasteiger partial charge in [-0.25, -0.2) is 0 Å². The quantitative estimate of drug-likeness (QED) is 0.0884. The van der Waals surface area contributed by atoms with Crippen molar-refractivity contribution in [1.82, 2.24) is 0 Å². The molecule has 0 spiro atoms. The molecule has 4 nitrogen and oxygen atoms in total. The molecular formula is C49H60O4Y2-2. The Balaban J connectivity index is -0.000000142. The van der Waals surface area contributed by atoms with Crippen LogP contribution in [-0.2, 0) is 75.0 Å². The van der Waals surface area contributed by atoms with Crippen LogP contribution in [0.5, 0.6) is 0 Å². The van der Waals surface area contributed by atoms with Crippen LogP contribution in [0.25, 0.3) is 18.2 Å². The molecule has 55 heavy (non-hydrogen) atoms. The Labute approximate surface area is 384 Å². The van der Waals surface area contributed by atoms with E-state index in [0.717, 1.165) is 40.4 Å². The van der Waals surface area contributed by atoms with Gasteiger partial charge < -0.3 is 14.9 Å². The van der Waals surface area contributed by atoms with Crippen molar-refractivity contribution in [2.75, 3.05) is 0 Å². The number of allylic oxidation sites excluding steroid dienone is 3. The van der Waals surface area contributed by atoms with Crippen LogP contribution in [0.3, 0.4) is 0 Å². The summed E-state index contributed by atoms with van der Waals surface area (Å²) in [6.45, 7) is 13.5. The van der Waals surface area contributed by atoms with Gasteiger partial charge in [0.05, 0.1) is 0 Å². The second kappa shape index (κ2) is 48.2. The Morgan fingerprint density at radius 1 is 0.364 bits per heavy atom. The molecule has 0 amide bonds. The average Bonchev–Trinajstić information content (AvgIpc) is 3.23. The molecule has 0 aromatic heterocycles. The van der Waals surface area contributed by atoms with E-state index in [2.05, 4.69) is 0 Å². The van der Waals surface area contributed by atoms with Gasteiger partial charge in [-0.2, -0.15) is 0 Å². The molecule has 0 saturated heterocycles. The van der Waals surface area contributed by atoms with Gasteiger partial charge in [-0.05, 0) is 41.8 Å². The van der Waals surface area contributed by atoms with E-state index in [-0.39, 0.29) is 91.8 Å². The van der Waals surface area contributed by atoms with Crippen LogP contribution in [-0.4, -0.2) is 24.1 Å². The van der Waals surface area contributed by atoms with Crippen LogP contribution in [0.1, 0.15) is 85.9 Å². The third-order valence-electron chi connectivity index (χ3n) is 5.66. The van der Waals surface area contributed by atoms with Crippen molar-refractivity contribution in [2.45, 2.75) is 48.5 Å². The molecule has 0 fully saturated rings. The van der Waals surface area contributed by atoms with Gasteiger partial charge >= 0.3 is 0 Å². The van der Waals surface area contributed by atoms with Gasteiger partial charge in [0, 0.05) is 76.5 Å². The Morgan fingerprint density at radius 3 is 0.745 bits per heavy atom. The molecule has 5 rings (SSSR count). The minimum atomic E-state index is -0.0114. The van der Waals surface area contributed by atoms with Gasteiger partial charge in [0.1, 0.15) is 12.6 Å². The molecule has 6 heteroatoms. The summed E-state index contributed by atoms with van der Waals surface area (Å²) in [5, 5.41) is 0. The van der Waals surface area contributed by atoms with E-state index in [1.807, 2.05) is 187 Å². The maximum Gasteiger partial charge on any atom is 0.178 e. The number of carbonyl (C=O) groups is 4. The standard InChI is InChI=1S/C17H14O.C10H10O.2C7H6O.3C2H6.2CH3.2Y/c18-17(13-11-15-7-3-1-4-8-15)14-12-16-9-5-2-6-10-16;1-9(11)7-8-10-5-3-2-4-6-10;2*8-6-7-4-2-1-3-5-7;3*1-2;;;;/h1-14H;2-8H,1H3;2*1-6H;3*1-2H3;2*1H3;;/q;;;;;;;2*-1;;/b13-11+,14-12+;8-7+;;;;;;;;;. The van der Waals surface area contributed by atoms with E-state index in [0.29, 0.717) is 0 Å². The number of ketones is 2. The van der Waals surface area contributed by atoms with Gasteiger partial charge in [0.25, 0.3) is 0 Å². The number of rotatable bonds is 8. The van der Waals surface area contributed by atoms with E-state index in [4.69, 9.17) is 0 Å². The minimum absolute atomic E-state index is 0. The van der Waals surface area contributed by atoms with Crippen molar-refractivity contribution in [1.29, 1.82) is 0 Å². The normalized spacial score (nSPS) is 8.49. The Kier molecular flexibility index (Phi) is 55.4. The van der Waals surface area contributed by atoms with Gasteiger partial charge in [0.2, 0.25) is 0 Å². The van der Waals surface area contributed by atoms with Crippen LogP contribution in [0.2, 0.25) is 0 Å². The van der Waals surface area contributed by atoms with Crippen molar-refractivity contribution in [3.63, 3.8) is 0 Å². The van der Waals surface area contributed by atoms with Crippen molar-refractivity contribution in [3.05, 3.63) is 213 Å². The van der Waals surface area contributed by atoms with Gasteiger partial charge in [-0.3, -0.25) is 19.2 Å². The fourth-order valence-electron chi connectivity index (χ4n) is 3.38. The average molecular weight is 891 g/mol. The molecule has 0 aliphatic heterocycles. The van der Waals surface area contributed by atoms with E-state index < -0.39 is 0 Å². The molecule has 0 heterocycles. The van der Waals surface area contributed by atoms with Crippen molar-refractivity contribution in [2.24, 2.45) is 0 Å². The van der Waals surface area contributed by atoms with Crippen molar-refractivity contribution in [3.8, 4) is 0 Å². The molecule has 0 aliphatic carbocycles. The molecule has 0 aliphatic rings. The SMILES string of the molecule is CC.CC.CC.CC(=O)/C=C/c1ccccc1.O=C(/C=C/c1ccccc1)/C=C/c1ccccc1.O=Cc1ccccc1.O=Cc1ccccc1.[CH3-].[CH3-].[Y].[Y]. The number of hydrogen-bond acceptors (Lipinski definition) is 4. The van der Waals surface area contributed by atoms with Crippen LogP contribution < -0.4 is 0 Å². The molecule has 0 unspecified atom stereocenters. The first-order chi connectivity index (χ1) is 25.0. The fraction of sp³-hybridized carbons (Fsp3) is 0.143. The first-order valence-corrected chi connectivity index (χ1v) is 17.2. The van der Waals surface area contributed by atoms with Crippen LogP contribution in [0, 0.1) is 14.9 Å². The van der Waals surface area contributed by atoms with Crippen LogP contribution in [0.4, 0.5) is 0 Å². The van der Waals surface area contributed by atoms with Gasteiger partial charge in [0.15, 0.2) is 11.6 Å². The van der Waals surface area contributed by atoms with Crippen molar-refractivity contribution < 1.29 is 84.6 Å². The second-order valence-corrected chi connectivity index (χ2v) is 9.30. The number of hydrogen-bond donors (Lipinski definition) is 0. The summed E-state index contributed by atoms with van der Waals surface area (Å²) in [5.41, 5.74) is 4.57. The molecule has 0 saturated carbocycles. The molecule has 0 bridgehead atoms. The smallest absolute Gasteiger partial charge is 0.178 e. The first-order valence-electron chi connectivity index (χ1n) is 17.2. The van der Waals surface area contributed by atoms with E-state index >= 15 is 0 Å². The fourth-order valence-corrected chi connectivity index (χ4v) is 3.38. The van der Waals surface area contributed by atoms with Crippen LogP contribution >= 0.6 is 0 Å². The summed E-state index contributed by atoms with van der Waals surface area (Å²) >= 11 is 0. The van der Waals surface area contributed by atoms with Crippen molar-refractivity contribution >= 4 is 42.4 Å². The molecule has 0 N–H and O–H groups in total. The van der Waals surface area contributed by atoms with E-state index in [1.54, 1.807) is 49.4 Å². The molecule has 5 aromatic carbocycles. The maximum atomic E-state index is 11.6. The molecular weight excluding hydrogens is 830 g/mol. The minimum Gasteiger partial charge on any atom is -0.358 e. The number of benzene rings is 5. The predicted molar refractivity (Wildman–Crippen MR) is 233 cm³/mol. The number of carbonyl (C=O) groups excluding carboxylic acids is 4. The summed E-state index contributed by atoms with van der Waals surface area (Å²) in [4.78, 5) is 42.2. The van der Waals surface area contributed by atoms with Crippen LogP contribution in [0.15, 0.2) is 170 Å². The molecule has 5 aromatic rings. The van der Waals surface area contributed by atoms with Gasteiger partial charge in [-0.15, -0.1) is 0 Å². The van der Waals surface area contributed by atoms with Gasteiger partial charge in [-0.1, -0.05) is 211 Å². The zero-order chi connectivity index (χ0) is 38.4. The third kappa shape index (κ3) is 38.3. The summed E-state index contributed by atoms with van der Waals surface area (Å²) in [6, 6.07) is 47.5. The predicted octanol–water partition coefficient (Wildman–Crippen LogP) is 13.2. The maximum absolute atomic E-state index is 11.6. The summed E-state index contributed by atoms with van der Waals surface area (Å²) in [7, 11) is 0. The Morgan fingerprint density at radius 2 is 0.564 bits per heavy atom. The largest absolute Gasteiger partial charge is 0.358 e. The summed E-state index contributed by atoms with van der Waals surface area (Å²) in [5.74, 6) is 0.0663. The zero-order valence-electron chi connectivity index (χ0n) is 34.3. The first kappa shape index (κ1) is 63.2. The van der Waals surface area contributed by atoms with E-state index in [9.17, 15) is 19.2 Å². The Hall–Kier alpha value is -3.79. The Bertz CT molecular complexity index is 1540. The molecule has 0 atom stereocenters. The summed E-state index contributed by atoms with van der Waals surface area (Å²) < 4.78 is 0. The molecule has 2 radical (unpaired) electrons. The zero-order valence-corrected chi connectivity index (χ0v) is 40.0. The number of aldehydes is 2. The topological polar surface area (TPSA) is 68.3 Å². The van der Waals surface area contributed by atoms with E-state index in [1.165, 1.54) is 0 Å². The second-order valence-electron chi connectivity index (χ2n) is 9.30.